The minimum absolute atomic E-state index is 0. The summed E-state index contributed by atoms with van der Waals surface area (Å²) >= 11 is 0. The molecule has 0 aliphatic carbocycles. The number of hydrogen-bond acceptors (Lipinski definition) is 2. The molecule has 0 aliphatic heterocycles. The van der Waals surface area contributed by atoms with Gasteiger partial charge in [0.2, 0.25) is 0 Å². The Bertz CT molecular complexity index is 30.8. The zero-order chi connectivity index (χ0) is 5.54. The van der Waals surface area contributed by atoms with Gasteiger partial charge in [0.1, 0.15) is 0 Å². The van der Waals surface area contributed by atoms with Gasteiger partial charge >= 0.3 is 0 Å². The molecular weight excluding hydrogens is 148 g/mol. The second-order valence-corrected chi connectivity index (χ2v) is 2.06. The van der Waals surface area contributed by atoms with Crippen LogP contribution in [-0.2, 0) is 0 Å². The van der Waals surface area contributed by atoms with Gasteiger partial charge in [-0.2, -0.15) is 0 Å². The predicted molar refractivity (Wildman–Crippen MR) is 51.7 cm³/mol. The molecular formula is C7H23ClN2. The lowest BCUT2D eigenvalue weighted by molar-refractivity contribution is 0.656. The van der Waals surface area contributed by atoms with Gasteiger partial charge in [-0.15, -0.1) is 12.4 Å². The van der Waals surface area contributed by atoms with E-state index in [1.54, 1.807) is 0 Å². The van der Waals surface area contributed by atoms with Gasteiger partial charge in [0, 0.05) is 0 Å². The van der Waals surface area contributed by atoms with E-state index in [4.69, 9.17) is 0 Å². The summed E-state index contributed by atoms with van der Waals surface area (Å²) < 4.78 is 0. The normalized spacial score (nSPS) is 6.60. The number of unbranched alkanes of at least 4 members (excludes halogenated alkanes) is 4. The predicted octanol–water partition coefficient (Wildman–Crippen LogP) is 3.72. The van der Waals surface area contributed by atoms with E-state index in [1.165, 1.54) is 32.1 Å². The van der Waals surface area contributed by atoms with Crippen LogP contribution in [-0.4, -0.2) is 0 Å². The molecule has 0 spiro atoms. The second-order valence-electron chi connectivity index (χ2n) is 2.06. The van der Waals surface area contributed by atoms with Crippen molar-refractivity contribution in [3.63, 3.8) is 0 Å². The molecule has 68 valence electrons. The Hall–Kier alpha value is 0.210. The van der Waals surface area contributed by atoms with E-state index in [0.717, 1.165) is 0 Å². The third-order valence-electron chi connectivity index (χ3n) is 1.21. The highest BCUT2D eigenvalue weighted by Gasteiger charge is 1.80. The maximum Gasteiger partial charge on any atom is -0.0533 e. The second kappa shape index (κ2) is 22.9. The van der Waals surface area contributed by atoms with Crippen LogP contribution in [0.1, 0.15) is 46.0 Å². The van der Waals surface area contributed by atoms with Crippen molar-refractivity contribution in [2.45, 2.75) is 46.0 Å². The summed E-state index contributed by atoms with van der Waals surface area (Å²) in [4.78, 5) is 0. The molecule has 0 rings (SSSR count). The Morgan fingerprint density at radius 2 is 1.00 bits per heavy atom. The molecule has 10 heavy (non-hydrogen) atoms. The maximum absolute atomic E-state index is 2.25. The summed E-state index contributed by atoms with van der Waals surface area (Å²) in [5.41, 5.74) is 0. The summed E-state index contributed by atoms with van der Waals surface area (Å²) in [6.07, 6.45) is 7.01. The Morgan fingerprint density at radius 1 is 0.700 bits per heavy atom. The van der Waals surface area contributed by atoms with E-state index >= 15 is 0 Å². The third kappa shape index (κ3) is 24.1. The van der Waals surface area contributed by atoms with Crippen molar-refractivity contribution in [1.29, 1.82) is 0 Å². The van der Waals surface area contributed by atoms with Crippen molar-refractivity contribution >= 4 is 12.4 Å². The number of rotatable bonds is 4. The van der Waals surface area contributed by atoms with E-state index in [2.05, 4.69) is 13.8 Å². The van der Waals surface area contributed by atoms with Gasteiger partial charge in [0.25, 0.3) is 0 Å². The molecule has 0 bridgehead atoms. The minimum Gasteiger partial charge on any atom is -0.344 e. The molecule has 0 saturated heterocycles. The van der Waals surface area contributed by atoms with E-state index in [1.807, 2.05) is 0 Å². The van der Waals surface area contributed by atoms with E-state index in [-0.39, 0.29) is 24.7 Å². The van der Waals surface area contributed by atoms with Gasteiger partial charge in [0.15, 0.2) is 0 Å². The molecule has 0 heterocycles. The first-order chi connectivity index (χ1) is 3.41. The van der Waals surface area contributed by atoms with Crippen LogP contribution in [0.5, 0.6) is 0 Å². The highest BCUT2D eigenvalue weighted by Crippen LogP contribution is 2.00. The summed E-state index contributed by atoms with van der Waals surface area (Å²) in [6, 6.07) is 0. The first-order valence-corrected chi connectivity index (χ1v) is 3.41. The van der Waals surface area contributed by atoms with Crippen molar-refractivity contribution in [3.05, 3.63) is 0 Å². The summed E-state index contributed by atoms with van der Waals surface area (Å²) in [5.74, 6) is 0. The topological polar surface area (TPSA) is 70.0 Å². The lowest BCUT2D eigenvalue weighted by Gasteiger charge is -1.90. The molecule has 0 aromatic heterocycles. The fraction of sp³-hybridized carbons (Fsp3) is 1.00. The van der Waals surface area contributed by atoms with Crippen LogP contribution >= 0.6 is 12.4 Å². The maximum atomic E-state index is 2.25. The average molecular weight is 171 g/mol. The standard InChI is InChI=1S/C7H16.ClH.2H3N/c1-3-5-7-6-4-2;;;/h3-7H2,1-2H3;1H;2*1H3. The average Bonchev–Trinajstić information content (AvgIpc) is 1.69. The van der Waals surface area contributed by atoms with Crippen LogP contribution in [0.4, 0.5) is 0 Å². The van der Waals surface area contributed by atoms with Crippen molar-refractivity contribution in [2.75, 3.05) is 0 Å². The molecule has 0 unspecified atom stereocenters. The molecule has 0 aromatic carbocycles. The first kappa shape index (κ1) is 22.5. The van der Waals surface area contributed by atoms with Gasteiger partial charge in [-0.3, -0.25) is 0 Å². The van der Waals surface area contributed by atoms with Gasteiger partial charge in [-0.05, 0) is 0 Å². The summed E-state index contributed by atoms with van der Waals surface area (Å²) in [7, 11) is 0. The SMILES string of the molecule is CCCCCCC.Cl.N.N. The molecule has 2 nitrogen and oxygen atoms in total. The Balaban J connectivity index is -0.0000000600. The zero-order valence-corrected chi connectivity index (χ0v) is 8.17. The van der Waals surface area contributed by atoms with Crippen molar-refractivity contribution in [3.8, 4) is 0 Å². The zero-order valence-electron chi connectivity index (χ0n) is 7.36. The Labute approximate surface area is 71.4 Å². The molecule has 0 fully saturated rings. The number of hydrogen-bond donors (Lipinski definition) is 2. The summed E-state index contributed by atoms with van der Waals surface area (Å²) in [5, 5.41) is 0. The van der Waals surface area contributed by atoms with Crippen LogP contribution in [0.15, 0.2) is 0 Å². The Kier molecular flexibility index (Phi) is 51.4. The van der Waals surface area contributed by atoms with E-state index in [9.17, 15) is 0 Å². The molecule has 0 atom stereocenters. The van der Waals surface area contributed by atoms with Crippen LogP contribution in [0.25, 0.3) is 0 Å². The number of halogens is 1. The fourth-order valence-corrected chi connectivity index (χ4v) is 0.677. The van der Waals surface area contributed by atoms with E-state index < -0.39 is 0 Å². The largest absolute Gasteiger partial charge is 0.344 e. The van der Waals surface area contributed by atoms with Crippen LogP contribution < -0.4 is 12.3 Å². The molecule has 0 amide bonds. The smallest absolute Gasteiger partial charge is 0.0533 e. The van der Waals surface area contributed by atoms with Gasteiger partial charge in [-0.1, -0.05) is 46.0 Å². The van der Waals surface area contributed by atoms with Crippen molar-refractivity contribution in [2.24, 2.45) is 0 Å². The van der Waals surface area contributed by atoms with Gasteiger partial charge in [-0.25, -0.2) is 0 Å². The lowest BCUT2D eigenvalue weighted by Crippen LogP contribution is -1.70. The van der Waals surface area contributed by atoms with Crippen LogP contribution in [0.2, 0.25) is 0 Å². The van der Waals surface area contributed by atoms with Crippen molar-refractivity contribution < 1.29 is 0 Å². The molecule has 3 heteroatoms. The third-order valence-corrected chi connectivity index (χ3v) is 1.21. The fourth-order valence-electron chi connectivity index (χ4n) is 0.677. The highest BCUT2D eigenvalue weighted by molar-refractivity contribution is 5.85. The molecule has 0 saturated carbocycles. The van der Waals surface area contributed by atoms with Crippen molar-refractivity contribution in [1.82, 2.24) is 12.3 Å². The quantitative estimate of drug-likeness (QED) is 0.632. The Morgan fingerprint density at radius 3 is 1.20 bits per heavy atom. The van der Waals surface area contributed by atoms with Gasteiger partial charge in [0.05, 0.1) is 0 Å². The first-order valence-electron chi connectivity index (χ1n) is 3.41. The summed E-state index contributed by atoms with van der Waals surface area (Å²) in [6.45, 7) is 4.49. The van der Waals surface area contributed by atoms with Crippen LogP contribution in [0.3, 0.4) is 0 Å². The molecule has 0 radical (unpaired) electrons. The molecule has 0 aliphatic rings. The molecule has 6 N–H and O–H groups in total. The van der Waals surface area contributed by atoms with Gasteiger partial charge < -0.3 is 12.3 Å². The lowest BCUT2D eigenvalue weighted by atomic mass is 10.2. The monoisotopic (exact) mass is 170 g/mol. The van der Waals surface area contributed by atoms with Crippen LogP contribution in [0, 0.1) is 0 Å². The minimum atomic E-state index is 0. The highest BCUT2D eigenvalue weighted by atomic mass is 35.5. The van der Waals surface area contributed by atoms with E-state index in [0.29, 0.717) is 0 Å². The molecule has 0 aromatic rings.